The van der Waals surface area contributed by atoms with E-state index >= 15 is 0 Å². The summed E-state index contributed by atoms with van der Waals surface area (Å²) in [6, 6.07) is 15.5. The van der Waals surface area contributed by atoms with Gasteiger partial charge in [0.05, 0.1) is 10.1 Å². The molecule has 2 aromatic heterocycles. The molecule has 0 unspecified atom stereocenters. The molecule has 0 saturated carbocycles. The molecule has 1 aromatic carbocycles. The van der Waals surface area contributed by atoms with Crippen molar-refractivity contribution in [2.24, 2.45) is 0 Å². The molecular formula is C19H19N3O3S. The van der Waals surface area contributed by atoms with Gasteiger partial charge in [0.2, 0.25) is 0 Å². The smallest absolute Gasteiger partial charge is 0.259 e. The lowest BCUT2D eigenvalue weighted by Crippen LogP contribution is -2.40. The summed E-state index contributed by atoms with van der Waals surface area (Å²) in [4.78, 5) is 19.2. The van der Waals surface area contributed by atoms with Gasteiger partial charge in [0.25, 0.3) is 5.56 Å². The van der Waals surface area contributed by atoms with Crippen LogP contribution in [0.15, 0.2) is 70.5 Å². The average Bonchev–Trinajstić information content (AvgIpc) is 2.69. The molecule has 0 radical (unpaired) electrons. The maximum atomic E-state index is 12.8. The number of nitrogens with zero attached hydrogens (tertiary/aromatic N) is 3. The summed E-state index contributed by atoms with van der Waals surface area (Å²) in [6.45, 7) is 1.12. The normalized spacial score (nSPS) is 16.1. The minimum atomic E-state index is -3.32. The second kappa shape index (κ2) is 6.57. The van der Waals surface area contributed by atoms with Crippen LogP contribution in [0.4, 0.5) is 5.82 Å². The van der Waals surface area contributed by atoms with Crippen molar-refractivity contribution in [3.8, 4) is 0 Å². The van der Waals surface area contributed by atoms with Gasteiger partial charge in [-0.3, -0.25) is 9.20 Å². The molecule has 4 rings (SSSR count). The Labute approximate surface area is 151 Å². The molecule has 0 bridgehead atoms. The van der Waals surface area contributed by atoms with Crippen LogP contribution in [-0.4, -0.2) is 36.1 Å². The van der Waals surface area contributed by atoms with Gasteiger partial charge in [0, 0.05) is 25.4 Å². The summed E-state index contributed by atoms with van der Waals surface area (Å²) in [5.41, 5.74) is 0.457. The molecule has 26 heavy (non-hydrogen) atoms. The lowest BCUT2D eigenvalue weighted by Gasteiger charge is -2.32. The molecule has 0 N–H and O–H groups in total. The third-order valence-electron chi connectivity index (χ3n) is 4.83. The molecule has 1 fully saturated rings. The van der Waals surface area contributed by atoms with Gasteiger partial charge in [-0.25, -0.2) is 13.4 Å². The first-order valence-corrected chi connectivity index (χ1v) is 10.1. The number of rotatable bonds is 3. The topological polar surface area (TPSA) is 71.8 Å². The monoisotopic (exact) mass is 369 g/mol. The second-order valence-electron chi connectivity index (χ2n) is 6.43. The van der Waals surface area contributed by atoms with E-state index in [1.807, 2.05) is 17.0 Å². The van der Waals surface area contributed by atoms with E-state index in [2.05, 4.69) is 4.98 Å². The van der Waals surface area contributed by atoms with Gasteiger partial charge in [-0.1, -0.05) is 24.3 Å². The number of benzene rings is 1. The molecule has 0 atom stereocenters. The number of piperidine rings is 1. The first-order valence-electron chi connectivity index (χ1n) is 8.58. The molecule has 0 amide bonds. The molecule has 3 heterocycles. The van der Waals surface area contributed by atoms with E-state index in [4.69, 9.17) is 0 Å². The van der Waals surface area contributed by atoms with E-state index in [1.165, 1.54) is 10.5 Å². The highest BCUT2D eigenvalue weighted by atomic mass is 32.2. The zero-order chi connectivity index (χ0) is 18.1. The third-order valence-corrected chi connectivity index (χ3v) is 7.11. The Morgan fingerprint density at radius 1 is 0.962 bits per heavy atom. The maximum Gasteiger partial charge on any atom is 0.259 e. The number of fused-ring (bicyclic) bond motifs is 1. The lowest BCUT2D eigenvalue weighted by atomic mass is 10.1. The molecule has 7 heteroatoms. The molecule has 1 saturated heterocycles. The fourth-order valence-corrected chi connectivity index (χ4v) is 5.15. The van der Waals surface area contributed by atoms with Crippen LogP contribution >= 0.6 is 0 Å². The van der Waals surface area contributed by atoms with E-state index in [0.717, 1.165) is 0 Å². The minimum Gasteiger partial charge on any atom is -0.356 e. The van der Waals surface area contributed by atoms with Gasteiger partial charge in [0.15, 0.2) is 9.84 Å². The Bertz CT molecular complexity index is 1090. The average molecular weight is 369 g/mol. The van der Waals surface area contributed by atoms with Gasteiger partial charge >= 0.3 is 0 Å². The summed E-state index contributed by atoms with van der Waals surface area (Å²) in [5.74, 6) is 0.608. The minimum absolute atomic E-state index is 0.135. The zero-order valence-corrected chi connectivity index (χ0v) is 15.0. The number of aromatic nitrogens is 2. The predicted octanol–water partition coefficient (Wildman–Crippen LogP) is 2.14. The van der Waals surface area contributed by atoms with Crippen molar-refractivity contribution in [2.75, 3.05) is 18.0 Å². The van der Waals surface area contributed by atoms with Crippen LogP contribution in [-0.2, 0) is 9.84 Å². The van der Waals surface area contributed by atoms with Crippen LogP contribution < -0.4 is 10.5 Å². The number of pyridine rings is 1. The summed E-state index contributed by atoms with van der Waals surface area (Å²) < 4.78 is 27.0. The Kier molecular flexibility index (Phi) is 4.24. The molecular weight excluding hydrogens is 350 g/mol. The quantitative estimate of drug-likeness (QED) is 0.707. The zero-order valence-electron chi connectivity index (χ0n) is 14.2. The van der Waals surface area contributed by atoms with Crippen LogP contribution in [0.5, 0.6) is 0 Å². The number of anilines is 1. The summed E-state index contributed by atoms with van der Waals surface area (Å²) >= 11 is 0. The van der Waals surface area contributed by atoms with Gasteiger partial charge in [-0.2, -0.15) is 0 Å². The van der Waals surface area contributed by atoms with Crippen molar-refractivity contribution in [2.45, 2.75) is 23.0 Å². The molecule has 134 valence electrons. The SMILES string of the molecule is O=c1cc(N2CCC(S(=O)(=O)c3ccccc3)CC2)nc2ccccn12. The Hall–Kier alpha value is -2.67. The molecule has 0 spiro atoms. The molecule has 6 nitrogen and oxygen atoms in total. The highest BCUT2D eigenvalue weighted by molar-refractivity contribution is 7.92. The first kappa shape index (κ1) is 16.8. The van der Waals surface area contributed by atoms with E-state index in [-0.39, 0.29) is 5.56 Å². The van der Waals surface area contributed by atoms with Gasteiger partial charge in [-0.05, 0) is 37.1 Å². The second-order valence-corrected chi connectivity index (χ2v) is 8.65. The fourth-order valence-electron chi connectivity index (χ4n) is 3.40. The molecule has 1 aliphatic rings. The van der Waals surface area contributed by atoms with Gasteiger partial charge < -0.3 is 4.90 Å². The van der Waals surface area contributed by atoms with Crippen LogP contribution in [0.2, 0.25) is 0 Å². The Morgan fingerprint density at radius 3 is 2.38 bits per heavy atom. The van der Waals surface area contributed by atoms with Crippen LogP contribution in [0.1, 0.15) is 12.8 Å². The van der Waals surface area contributed by atoms with Crippen molar-refractivity contribution in [1.29, 1.82) is 0 Å². The standard InChI is InChI=1S/C19H19N3O3S/c23-19-14-18(20-17-8-4-5-11-22(17)19)21-12-9-16(10-13-21)26(24,25)15-6-2-1-3-7-15/h1-8,11,14,16H,9-10,12-13H2. The molecule has 3 aromatic rings. The van der Waals surface area contributed by atoms with E-state index < -0.39 is 15.1 Å². The number of hydrogen-bond donors (Lipinski definition) is 0. The van der Waals surface area contributed by atoms with Gasteiger partial charge in [0.1, 0.15) is 11.5 Å². The van der Waals surface area contributed by atoms with Crippen LogP contribution in [0.3, 0.4) is 0 Å². The number of hydrogen-bond acceptors (Lipinski definition) is 5. The summed E-state index contributed by atoms with van der Waals surface area (Å²) in [6.07, 6.45) is 2.73. The predicted molar refractivity (Wildman–Crippen MR) is 100 cm³/mol. The number of sulfone groups is 1. The third kappa shape index (κ3) is 2.99. The van der Waals surface area contributed by atoms with Gasteiger partial charge in [-0.15, -0.1) is 0 Å². The van der Waals surface area contributed by atoms with E-state index in [0.29, 0.717) is 42.3 Å². The first-order chi connectivity index (χ1) is 12.6. The molecule has 0 aliphatic carbocycles. The Balaban J connectivity index is 1.55. The van der Waals surface area contributed by atoms with Crippen molar-refractivity contribution < 1.29 is 8.42 Å². The molecule has 1 aliphatic heterocycles. The summed E-state index contributed by atoms with van der Waals surface area (Å²) in [7, 11) is -3.32. The van der Waals surface area contributed by atoms with E-state index in [9.17, 15) is 13.2 Å². The largest absolute Gasteiger partial charge is 0.356 e. The highest BCUT2D eigenvalue weighted by Gasteiger charge is 2.31. The van der Waals surface area contributed by atoms with Crippen molar-refractivity contribution >= 4 is 21.3 Å². The van der Waals surface area contributed by atoms with E-state index in [1.54, 1.807) is 42.6 Å². The highest BCUT2D eigenvalue weighted by Crippen LogP contribution is 2.26. The fraction of sp³-hybridized carbons (Fsp3) is 0.263. The van der Waals surface area contributed by atoms with Crippen LogP contribution in [0, 0.1) is 0 Å². The van der Waals surface area contributed by atoms with Crippen LogP contribution in [0.25, 0.3) is 5.65 Å². The van der Waals surface area contributed by atoms with Crippen molar-refractivity contribution in [1.82, 2.24) is 9.38 Å². The lowest BCUT2D eigenvalue weighted by molar-refractivity contribution is 0.528. The summed E-state index contributed by atoms with van der Waals surface area (Å²) in [5, 5.41) is -0.400. The Morgan fingerprint density at radius 2 is 1.65 bits per heavy atom. The van der Waals surface area contributed by atoms with Crippen molar-refractivity contribution in [3.63, 3.8) is 0 Å². The maximum absolute atomic E-state index is 12.8. The van der Waals surface area contributed by atoms with Crippen molar-refractivity contribution in [3.05, 3.63) is 71.1 Å².